The molecular weight excluding hydrogens is 248 g/mol. The minimum Gasteiger partial charge on any atom is -0.339 e. The Bertz CT molecular complexity index is 445. The van der Waals surface area contributed by atoms with Gasteiger partial charge in [-0.3, -0.25) is 4.79 Å². The van der Waals surface area contributed by atoms with E-state index in [-0.39, 0.29) is 11.4 Å². The van der Waals surface area contributed by atoms with Crippen molar-refractivity contribution in [1.29, 1.82) is 0 Å². The van der Waals surface area contributed by atoms with E-state index in [1.54, 1.807) is 0 Å². The Morgan fingerprint density at radius 2 is 2.17 bits per heavy atom. The lowest BCUT2D eigenvalue weighted by molar-refractivity contribution is -0.132. The highest BCUT2D eigenvalue weighted by molar-refractivity contribution is 6.31. The Morgan fingerprint density at radius 1 is 1.44 bits per heavy atom. The second kappa shape index (κ2) is 5.29. The van der Waals surface area contributed by atoms with Gasteiger partial charge in [0.1, 0.15) is 0 Å². The van der Waals surface area contributed by atoms with Crippen LogP contribution >= 0.6 is 11.6 Å². The van der Waals surface area contributed by atoms with E-state index < -0.39 is 0 Å². The van der Waals surface area contributed by atoms with Crippen molar-refractivity contribution in [3.63, 3.8) is 0 Å². The summed E-state index contributed by atoms with van der Waals surface area (Å²) in [5.41, 5.74) is 0.898. The molecule has 1 amide bonds. The van der Waals surface area contributed by atoms with Gasteiger partial charge in [-0.05, 0) is 25.5 Å². The quantitative estimate of drug-likeness (QED) is 0.889. The zero-order chi connectivity index (χ0) is 13.2. The molecule has 1 aromatic carbocycles. The Hall–Kier alpha value is -1.06. The molecule has 1 heterocycles. The summed E-state index contributed by atoms with van der Waals surface area (Å²) in [5.74, 6) is 0.151. The third kappa shape index (κ3) is 3.24. The molecule has 2 rings (SSSR count). The third-order valence-electron chi connectivity index (χ3n) is 3.22. The minimum atomic E-state index is -0.00556. The number of halogens is 1. The molecule has 1 aromatic rings. The number of piperazine rings is 1. The minimum absolute atomic E-state index is 0.00556. The van der Waals surface area contributed by atoms with Gasteiger partial charge >= 0.3 is 0 Å². The Balaban J connectivity index is 2.02. The van der Waals surface area contributed by atoms with Gasteiger partial charge < -0.3 is 10.2 Å². The van der Waals surface area contributed by atoms with Crippen molar-refractivity contribution in [3.05, 3.63) is 34.9 Å². The molecule has 1 N–H and O–H groups in total. The van der Waals surface area contributed by atoms with E-state index in [0.717, 1.165) is 25.2 Å². The van der Waals surface area contributed by atoms with Crippen LogP contribution in [0.2, 0.25) is 5.02 Å². The van der Waals surface area contributed by atoms with E-state index in [9.17, 15) is 4.79 Å². The molecule has 0 unspecified atom stereocenters. The van der Waals surface area contributed by atoms with Crippen molar-refractivity contribution in [2.24, 2.45) is 0 Å². The summed E-state index contributed by atoms with van der Waals surface area (Å²) in [6, 6.07) is 7.53. The van der Waals surface area contributed by atoms with Crippen LogP contribution in [0.1, 0.15) is 19.4 Å². The monoisotopic (exact) mass is 266 g/mol. The Labute approximate surface area is 113 Å². The lowest BCUT2D eigenvalue weighted by Crippen LogP contribution is -2.58. The molecular formula is C14H19ClN2O. The van der Waals surface area contributed by atoms with Crippen molar-refractivity contribution in [2.75, 3.05) is 19.6 Å². The van der Waals surface area contributed by atoms with Crippen molar-refractivity contribution < 1.29 is 4.79 Å². The zero-order valence-electron chi connectivity index (χ0n) is 10.9. The highest BCUT2D eigenvalue weighted by Gasteiger charge is 2.28. The maximum absolute atomic E-state index is 12.2. The van der Waals surface area contributed by atoms with Gasteiger partial charge in [-0.2, -0.15) is 0 Å². The summed E-state index contributed by atoms with van der Waals surface area (Å²) in [6.45, 7) is 6.59. The van der Waals surface area contributed by atoms with Gasteiger partial charge in [0.15, 0.2) is 0 Å². The first-order chi connectivity index (χ1) is 8.48. The van der Waals surface area contributed by atoms with Gasteiger partial charge in [-0.1, -0.05) is 29.8 Å². The van der Waals surface area contributed by atoms with E-state index in [1.165, 1.54) is 0 Å². The molecule has 0 spiro atoms. The summed E-state index contributed by atoms with van der Waals surface area (Å²) in [6.07, 6.45) is 0.385. The van der Waals surface area contributed by atoms with Gasteiger partial charge in [0.2, 0.25) is 5.91 Å². The summed E-state index contributed by atoms with van der Waals surface area (Å²) in [5, 5.41) is 4.07. The normalized spacial score (nSPS) is 18.7. The van der Waals surface area contributed by atoms with Crippen LogP contribution in [-0.4, -0.2) is 36.0 Å². The van der Waals surface area contributed by atoms with E-state index >= 15 is 0 Å². The van der Waals surface area contributed by atoms with Gasteiger partial charge in [0, 0.05) is 30.2 Å². The van der Waals surface area contributed by atoms with Crippen LogP contribution in [0, 0.1) is 0 Å². The maximum atomic E-state index is 12.2. The number of carbonyl (C=O) groups excluding carboxylic acids is 1. The van der Waals surface area contributed by atoms with Crippen molar-refractivity contribution in [1.82, 2.24) is 10.2 Å². The molecule has 0 aliphatic carbocycles. The first-order valence-electron chi connectivity index (χ1n) is 6.24. The number of nitrogens with zero attached hydrogens (tertiary/aromatic N) is 1. The average Bonchev–Trinajstić information content (AvgIpc) is 2.31. The second-order valence-electron chi connectivity index (χ2n) is 5.39. The number of nitrogens with one attached hydrogen (secondary N) is 1. The highest BCUT2D eigenvalue weighted by atomic mass is 35.5. The molecule has 3 nitrogen and oxygen atoms in total. The van der Waals surface area contributed by atoms with Gasteiger partial charge in [0.05, 0.1) is 6.42 Å². The predicted octanol–water partition coefficient (Wildman–Crippen LogP) is 2.09. The summed E-state index contributed by atoms with van der Waals surface area (Å²) >= 11 is 6.08. The molecule has 0 bridgehead atoms. The highest BCUT2D eigenvalue weighted by Crippen LogP contribution is 2.17. The van der Waals surface area contributed by atoms with Crippen molar-refractivity contribution in [2.45, 2.75) is 25.8 Å². The number of amides is 1. The first kappa shape index (κ1) is 13.4. The molecule has 4 heteroatoms. The van der Waals surface area contributed by atoms with Crippen LogP contribution in [-0.2, 0) is 11.2 Å². The van der Waals surface area contributed by atoms with E-state index in [2.05, 4.69) is 19.2 Å². The molecule has 1 aliphatic rings. The third-order valence-corrected chi connectivity index (χ3v) is 3.59. The number of benzene rings is 1. The largest absolute Gasteiger partial charge is 0.339 e. The fourth-order valence-corrected chi connectivity index (χ4v) is 2.47. The summed E-state index contributed by atoms with van der Waals surface area (Å²) in [4.78, 5) is 14.2. The van der Waals surface area contributed by atoms with Gasteiger partial charge in [0.25, 0.3) is 0 Å². The standard InChI is InChI=1S/C14H19ClN2O/c1-14(2)10-17(8-7-16-14)13(18)9-11-5-3-4-6-12(11)15/h3-6,16H,7-10H2,1-2H3. The molecule has 18 heavy (non-hydrogen) atoms. The maximum Gasteiger partial charge on any atom is 0.227 e. The summed E-state index contributed by atoms with van der Waals surface area (Å²) in [7, 11) is 0. The van der Waals surface area contributed by atoms with E-state index in [4.69, 9.17) is 11.6 Å². The predicted molar refractivity (Wildman–Crippen MR) is 73.8 cm³/mol. The topological polar surface area (TPSA) is 32.3 Å². The van der Waals surface area contributed by atoms with Gasteiger partial charge in [-0.25, -0.2) is 0 Å². The van der Waals surface area contributed by atoms with Crippen molar-refractivity contribution >= 4 is 17.5 Å². The molecule has 0 atom stereocenters. The average molecular weight is 267 g/mol. The van der Waals surface area contributed by atoms with Crippen LogP contribution < -0.4 is 5.32 Å². The number of carbonyl (C=O) groups is 1. The van der Waals surface area contributed by atoms with Crippen LogP contribution in [0.4, 0.5) is 0 Å². The Morgan fingerprint density at radius 3 is 2.83 bits per heavy atom. The fraction of sp³-hybridized carbons (Fsp3) is 0.500. The fourth-order valence-electron chi connectivity index (χ4n) is 2.27. The molecule has 0 radical (unpaired) electrons. The molecule has 0 aromatic heterocycles. The zero-order valence-corrected chi connectivity index (χ0v) is 11.6. The SMILES string of the molecule is CC1(C)CN(C(=O)Cc2ccccc2Cl)CCN1. The molecule has 1 fully saturated rings. The summed E-state index contributed by atoms with van der Waals surface area (Å²) < 4.78 is 0. The second-order valence-corrected chi connectivity index (χ2v) is 5.80. The number of hydrogen-bond acceptors (Lipinski definition) is 2. The Kier molecular flexibility index (Phi) is 3.93. The molecule has 98 valence electrons. The van der Waals surface area contributed by atoms with Crippen LogP contribution in [0.25, 0.3) is 0 Å². The number of rotatable bonds is 2. The lowest BCUT2D eigenvalue weighted by atomic mass is 10.0. The smallest absolute Gasteiger partial charge is 0.227 e. The van der Waals surface area contributed by atoms with E-state index in [0.29, 0.717) is 11.4 Å². The van der Waals surface area contributed by atoms with Crippen LogP contribution in [0.15, 0.2) is 24.3 Å². The van der Waals surface area contributed by atoms with Gasteiger partial charge in [-0.15, -0.1) is 0 Å². The molecule has 0 saturated carbocycles. The van der Waals surface area contributed by atoms with Crippen LogP contribution in [0.5, 0.6) is 0 Å². The van der Waals surface area contributed by atoms with E-state index in [1.807, 2.05) is 29.2 Å². The first-order valence-corrected chi connectivity index (χ1v) is 6.62. The lowest BCUT2D eigenvalue weighted by Gasteiger charge is -2.39. The number of hydrogen-bond donors (Lipinski definition) is 1. The van der Waals surface area contributed by atoms with Crippen molar-refractivity contribution in [3.8, 4) is 0 Å². The van der Waals surface area contributed by atoms with Crippen LogP contribution in [0.3, 0.4) is 0 Å². The molecule has 1 aliphatic heterocycles. The molecule has 1 saturated heterocycles.